The predicted molar refractivity (Wildman–Crippen MR) is 129 cm³/mol. The SMILES string of the molecule is CC[C@@H](/C=C/[C@@H](C)[C@H]1CC[C@H]2[C@@H]3CC=C4C[C@H](O)CC(=O)[C@]4(C)[C@H]3CC[C@]12C)C(C)C. The van der Waals surface area contributed by atoms with Crippen molar-refractivity contribution in [2.24, 2.45) is 52.3 Å². The quantitative estimate of drug-likeness (QED) is 0.481. The normalized spacial score (nSPS) is 44.6. The van der Waals surface area contributed by atoms with Crippen molar-refractivity contribution in [3.05, 3.63) is 23.8 Å². The maximum absolute atomic E-state index is 13.2. The van der Waals surface area contributed by atoms with Crippen molar-refractivity contribution < 1.29 is 9.90 Å². The van der Waals surface area contributed by atoms with E-state index in [0.717, 1.165) is 18.3 Å². The molecule has 4 rings (SSSR count). The topological polar surface area (TPSA) is 37.3 Å². The van der Waals surface area contributed by atoms with Gasteiger partial charge in [0.2, 0.25) is 0 Å². The molecular formula is C29H46O2. The van der Waals surface area contributed by atoms with E-state index in [0.29, 0.717) is 53.6 Å². The molecule has 0 aromatic heterocycles. The Morgan fingerprint density at radius 1 is 1.10 bits per heavy atom. The van der Waals surface area contributed by atoms with E-state index in [1.807, 2.05) is 0 Å². The molecule has 0 saturated heterocycles. The van der Waals surface area contributed by atoms with Crippen LogP contribution in [-0.4, -0.2) is 17.0 Å². The number of allylic oxidation sites excluding steroid dienone is 3. The summed E-state index contributed by atoms with van der Waals surface area (Å²) in [5.74, 6) is 4.99. The lowest BCUT2D eigenvalue weighted by molar-refractivity contribution is -0.140. The molecule has 3 saturated carbocycles. The van der Waals surface area contributed by atoms with Crippen LogP contribution in [0.5, 0.6) is 0 Å². The summed E-state index contributed by atoms with van der Waals surface area (Å²) in [5, 5.41) is 10.2. The fourth-order valence-electron chi connectivity index (χ4n) is 8.68. The second-order valence-electron chi connectivity index (χ2n) is 12.3. The first-order valence-corrected chi connectivity index (χ1v) is 13.2. The van der Waals surface area contributed by atoms with E-state index in [2.05, 4.69) is 59.8 Å². The second kappa shape index (κ2) is 8.47. The lowest BCUT2D eigenvalue weighted by Gasteiger charge is -2.57. The monoisotopic (exact) mass is 426 g/mol. The van der Waals surface area contributed by atoms with Gasteiger partial charge in [0, 0.05) is 6.42 Å². The molecule has 4 aliphatic rings. The Bertz CT molecular complexity index is 748. The average molecular weight is 427 g/mol. The number of aliphatic hydroxyl groups is 1. The molecule has 9 atom stereocenters. The van der Waals surface area contributed by atoms with Crippen molar-refractivity contribution >= 4 is 5.78 Å². The fraction of sp³-hybridized carbons (Fsp3) is 0.828. The lowest BCUT2D eigenvalue weighted by Crippen LogP contribution is -2.54. The zero-order valence-electron chi connectivity index (χ0n) is 20.9. The van der Waals surface area contributed by atoms with Gasteiger partial charge in [-0.2, -0.15) is 0 Å². The number of hydrogen-bond acceptors (Lipinski definition) is 2. The molecule has 0 aromatic carbocycles. The summed E-state index contributed by atoms with van der Waals surface area (Å²) < 4.78 is 0. The first-order chi connectivity index (χ1) is 14.6. The lowest BCUT2D eigenvalue weighted by atomic mass is 9.46. The summed E-state index contributed by atoms with van der Waals surface area (Å²) in [6.07, 6.45) is 15.5. The molecule has 0 aromatic rings. The Morgan fingerprint density at radius 2 is 1.84 bits per heavy atom. The van der Waals surface area contributed by atoms with Crippen molar-refractivity contribution in [2.75, 3.05) is 0 Å². The number of carbonyl (C=O) groups excluding carboxylic acids is 1. The largest absolute Gasteiger partial charge is 0.392 e. The van der Waals surface area contributed by atoms with E-state index in [4.69, 9.17) is 0 Å². The summed E-state index contributed by atoms with van der Waals surface area (Å²) in [6.45, 7) is 14.3. The van der Waals surface area contributed by atoms with Gasteiger partial charge in [-0.15, -0.1) is 0 Å². The highest BCUT2D eigenvalue weighted by Crippen LogP contribution is 2.66. The Balaban J connectivity index is 1.55. The molecule has 0 spiro atoms. The van der Waals surface area contributed by atoms with Crippen molar-refractivity contribution in [1.82, 2.24) is 0 Å². The number of ketones is 1. The summed E-state index contributed by atoms with van der Waals surface area (Å²) >= 11 is 0. The summed E-state index contributed by atoms with van der Waals surface area (Å²) in [6, 6.07) is 0. The molecule has 31 heavy (non-hydrogen) atoms. The standard InChI is InChI=1S/C29H46O2/c1-7-20(18(2)3)9-8-19(4)24-12-13-25-23-11-10-21-16-22(30)17-27(31)29(21,6)26(23)14-15-28(24,25)5/h8-10,18-20,22-26,30H,7,11-17H2,1-6H3/b9-8+/t19-,20+,22+,23+,24-,25+,26+,28-,29+/m1/s1. The summed E-state index contributed by atoms with van der Waals surface area (Å²) in [5.41, 5.74) is 1.36. The third kappa shape index (κ3) is 3.69. The maximum Gasteiger partial charge on any atom is 0.145 e. The van der Waals surface area contributed by atoms with Gasteiger partial charge in [0.15, 0.2) is 0 Å². The highest BCUT2D eigenvalue weighted by molar-refractivity contribution is 5.90. The molecule has 174 valence electrons. The third-order valence-corrected chi connectivity index (χ3v) is 10.6. The van der Waals surface area contributed by atoms with Gasteiger partial charge < -0.3 is 5.11 Å². The van der Waals surface area contributed by atoms with Crippen LogP contribution in [0.25, 0.3) is 0 Å². The minimum Gasteiger partial charge on any atom is -0.392 e. The number of rotatable bonds is 5. The Morgan fingerprint density at radius 3 is 2.52 bits per heavy atom. The number of Topliss-reactive ketones (excluding diaryl/α,β-unsaturated/α-hetero) is 1. The van der Waals surface area contributed by atoms with Gasteiger partial charge in [0.25, 0.3) is 0 Å². The molecule has 0 unspecified atom stereocenters. The molecular weight excluding hydrogens is 380 g/mol. The van der Waals surface area contributed by atoms with Gasteiger partial charge in [0.1, 0.15) is 5.78 Å². The molecule has 3 fully saturated rings. The van der Waals surface area contributed by atoms with Crippen LogP contribution in [0.2, 0.25) is 0 Å². The fourth-order valence-corrected chi connectivity index (χ4v) is 8.68. The maximum atomic E-state index is 13.2. The average Bonchev–Trinajstić information content (AvgIpc) is 3.06. The number of aliphatic hydroxyl groups excluding tert-OH is 1. The van der Waals surface area contributed by atoms with E-state index >= 15 is 0 Å². The van der Waals surface area contributed by atoms with Crippen LogP contribution in [0.3, 0.4) is 0 Å². The molecule has 0 heterocycles. The van der Waals surface area contributed by atoms with Gasteiger partial charge in [-0.05, 0) is 98.7 Å². The zero-order valence-corrected chi connectivity index (χ0v) is 20.9. The van der Waals surface area contributed by atoms with E-state index in [9.17, 15) is 9.90 Å². The zero-order chi connectivity index (χ0) is 22.6. The third-order valence-electron chi connectivity index (χ3n) is 10.6. The molecule has 0 aliphatic heterocycles. The summed E-state index contributed by atoms with van der Waals surface area (Å²) in [4.78, 5) is 13.2. The van der Waals surface area contributed by atoms with Gasteiger partial charge in [-0.25, -0.2) is 0 Å². The molecule has 2 heteroatoms. The van der Waals surface area contributed by atoms with E-state index in [-0.39, 0.29) is 5.41 Å². The molecule has 2 nitrogen and oxygen atoms in total. The van der Waals surface area contributed by atoms with Crippen LogP contribution < -0.4 is 0 Å². The molecule has 0 bridgehead atoms. The van der Waals surface area contributed by atoms with Gasteiger partial charge in [0.05, 0.1) is 11.5 Å². The number of fused-ring (bicyclic) bond motifs is 5. The highest BCUT2D eigenvalue weighted by Gasteiger charge is 2.60. The Labute approximate surface area is 191 Å². The van der Waals surface area contributed by atoms with Crippen molar-refractivity contribution in [1.29, 1.82) is 0 Å². The number of carbonyl (C=O) groups is 1. The van der Waals surface area contributed by atoms with Crippen LogP contribution >= 0.6 is 0 Å². The predicted octanol–water partition coefficient (Wildman–Crippen LogP) is 6.98. The van der Waals surface area contributed by atoms with E-state index in [1.165, 1.54) is 37.7 Å². The van der Waals surface area contributed by atoms with Crippen molar-refractivity contribution in [3.8, 4) is 0 Å². The minimum atomic E-state index is -0.460. The number of hydrogen-bond donors (Lipinski definition) is 1. The van der Waals surface area contributed by atoms with Gasteiger partial charge >= 0.3 is 0 Å². The second-order valence-corrected chi connectivity index (χ2v) is 12.3. The van der Waals surface area contributed by atoms with Crippen LogP contribution in [0, 0.1) is 52.3 Å². The van der Waals surface area contributed by atoms with Crippen LogP contribution in [0.1, 0.15) is 92.9 Å². The van der Waals surface area contributed by atoms with Gasteiger partial charge in [-0.1, -0.05) is 58.4 Å². The van der Waals surface area contributed by atoms with Crippen LogP contribution in [-0.2, 0) is 4.79 Å². The van der Waals surface area contributed by atoms with Crippen molar-refractivity contribution in [2.45, 2.75) is 99.0 Å². The Hall–Kier alpha value is -0.890. The van der Waals surface area contributed by atoms with Crippen LogP contribution in [0.15, 0.2) is 23.8 Å². The Kier molecular flexibility index (Phi) is 6.36. The van der Waals surface area contributed by atoms with Crippen LogP contribution in [0.4, 0.5) is 0 Å². The molecule has 1 N–H and O–H groups in total. The first-order valence-electron chi connectivity index (χ1n) is 13.2. The highest BCUT2D eigenvalue weighted by atomic mass is 16.3. The molecule has 4 aliphatic carbocycles. The smallest absolute Gasteiger partial charge is 0.145 e. The first kappa shape index (κ1) is 23.3. The summed E-state index contributed by atoms with van der Waals surface area (Å²) in [7, 11) is 0. The van der Waals surface area contributed by atoms with Gasteiger partial charge in [-0.3, -0.25) is 4.79 Å². The van der Waals surface area contributed by atoms with Crippen molar-refractivity contribution in [3.63, 3.8) is 0 Å². The van der Waals surface area contributed by atoms with E-state index in [1.54, 1.807) is 0 Å². The van der Waals surface area contributed by atoms with E-state index < -0.39 is 6.10 Å². The molecule has 0 radical (unpaired) electrons. The minimum absolute atomic E-state index is 0.306. The molecule has 0 amide bonds.